The number of nitrogens with one attached hydrogen (secondary N) is 8. The van der Waals surface area contributed by atoms with Gasteiger partial charge in [-0.25, -0.2) is 61.2 Å². The van der Waals surface area contributed by atoms with Gasteiger partial charge in [0.05, 0.1) is 23.1 Å². The molecule has 4 atom stereocenters. The molecule has 3 aliphatic carbocycles. The standard InChI is InChI=1S/C91H77F5N8O27S/c92-90(93,94)80(91(95,96)132(117,118)119)131-76(105)47-48-120-81(109)97-59-22-24-60(25-23-59)98-82(110)121-49-89(50-122-83(111)99-61-26-32-64(33-27-61)102-86(114)125-67-38-13-56(14-39-67)77(106)128-73-44-19-53-7-1-4-10-70(53)73,51-123-84(112)100-62-28-34-65(35-29-62)103-87(115)126-68-40-15-57(16-41-68)78(107)129-74-45-20-54-8-2-5-11-71(54)74)52-124-85(113)101-63-30-36-66(37-31-63)104-88(116)127-69-42-17-58(18-43-69)79(108)130-75-46-21-55-9-3-6-12-72(55)75/h1-18,22-43,73-75,80H,19-21,44-52H2,(H,97,109)(H,98,110)(H,99,111)(H,100,112)(H,101,113)(H,102,114)(H,103,115)(H,104,116)(H,117,118,119)/p-1. The van der Waals surface area contributed by atoms with Crippen LogP contribution in [0.25, 0.3) is 0 Å². The van der Waals surface area contributed by atoms with Crippen LogP contribution in [0.4, 0.5) is 106 Å². The van der Waals surface area contributed by atoms with Crippen LogP contribution in [0.3, 0.4) is 0 Å². The van der Waals surface area contributed by atoms with Crippen molar-refractivity contribution in [1.29, 1.82) is 0 Å². The van der Waals surface area contributed by atoms with Crippen LogP contribution in [-0.4, -0.2) is 136 Å². The van der Waals surface area contributed by atoms with Gasteiger partial charge in [-0.3, -0.25) is 47.3 Å². The highest BCUT2D eigenvalue weighted by molar-refractivity contribution is 7.86. The highest BCUT2D eigenvalue weighted by Crippen LogP contribution is 2.41. The van der Waals surface area contributed by atoms with E-state index in [0.717, 1.165) is 76.9 Å². The van der Waals surface area contributed by atoms with Crippen LogP contribution in [0.2, 0.25) is 0 Å². The first kappa shape index (κ1) is 93.4. The first-order valence-corrected chi connectivity index (χ1v) is 41.4. The molecule has 0 heterocycles. The first-order chi connectivity index (χ1) is 63.2. The van der Waals surface area contributed by atoms with E-state index in [9.17, 15) is 92.5 Å². The van der Waals surface area contributed by atoms with Crippen molar-refractivity contribution in [2.24, 2.45) is 5.41 Å². The molecule has 10 aromatic carbocycles. The minimum atomic E-state index is -7.00. The molecule has 0 saturated carbocycles. The second-order valence-corrected chi connectivity index (χ2v) is 31.0. The van der Waals surface area contributed by atoms with Gasteiger partial charge in [-0.15, -0.1) is 0 Å². The van der Waals surface area contributed by atoms with Crippen LogP contribution in [0.15, 0.2) is 243 Å². The van der Waals surface area contributed by atoms with E-state index in [2.05, 4.69) is 52.0 Å². The Balaban J connectivity index is 0.664. The predicted octanol–water partition coefficient (Wildman–Crippen LogP) is 17.9. The molecule has 0 saturated heterocycles. The van der Waals surface area contributed by atoms with E-state index in [1.54, 1.807) is 0 Å². The van der Waals surface area contributed by atoms with Gasteiger partial charge in [0.2, 0.25) is 0 Å². The lowest BCUT2D eigenvalue weighted by Crippen LogP contribution is -2.52. The Morgan fingerprint density at radius 3 is 0.826 bits per heavy atom. The summed E-state index contributed by atoms with van der Waals surface area (Å²) in [4.78, 5) is 159. The number of ether oxygens (including phenoxy) is 12. The van der Waals surface area contributed by atoms with E-state index in [-0.39, 0.29) is 79.4 Å². The number of hydrogen-bond donors (Lipinski definition) is 8. The number of alkyl halides is 5. The zero-order valence-corrected chi connectivity index (χ0v) is 69.5. The second kappa shape index (κ2) is 42.2. The van der Waals surface area contributed by atoms with Gasteiger partial charge in [-0.2, -0.15) is 22.0 Å². The van der Waals surface area contributed by atoms with Crippen LogP contribution >= 0.6 is 0 Å². The molecule has 13 rings (SSSR count). The van der Waals surface area contributed by atoms with Crippen molar-refractivity contribution in [3.63, 3.8) is 0 Å². The number of anilines is 8. The van der Waals surface area contributed by atoms with Crippen molar-refractivity contribution in [3.8, 4) is 17.2 Å². The summed E-state index contributed by atoms with van der Waals surface area (Å²) in [7, 11) is -7.00. The van der Waals surface area contributed by atoms with Crippen LogP contribution in [0, 0.1) is 5.41 Å². The summed E-state index contributed by atoms with van der Waals surface area (Å²) in [5, 5.41) is 13.4. The Morgan fingerprint density at radius 1 is 0.333 bits per heavy atom. The number of hydrogen-bond acceptors (Lipinski definition) is 27. The van der Waals surface area contributed by atoms with Crippen LogP contribution in [0.1, 0.15) is 108 Å². The van der Waals surface area contributed by atoms with E-state index >= 15 is 0 Å². The zero-order valence-electron chi connectivity index (χ0n) is 68.7. The third kappa shape index (κ3) is 25.8. The maximum absolute atomic E-state index is 13.9. The molecule has 4 unspecified atom stereocenters. The Labute approximate surface area is 745 Å². The lowest BCUT2D eigenvalue weighted by Gasteiger charge is -2.31. The number of carbonyl (C=O) groups is 12. The molecular formula is C91H76F5N8O27S-. The third-order valence-electron chi connectivity index (χ3n) is 20.2. The SMILES string of the molecule is O=C(CCOC(=O)Nc1ccc(NC(=O)OCC(COC(=O)Nc2ccc(NC(=O)Oc3ccc(C(=O)OC4CCc5ccccc54)cc3)cc2)(COC(=O)Nc2ccc(NC(=O)Oc3ccc(C(=O)OC4CCc5ccccc54)cc3)cc2)COC(=O)Nc2ccc(NC(=O)Oc3ccc(C(=O)OC4CCc5ccccc54)cc3)cc2)cc1)OC(C(F)(F)F)C(F)(F)S(=O)(=O)[O-]. The molecule has 0 spiro atoms. The van der Waals surface area contributed by atoms with Gasteiger partial charge in [-0.05, 0) is 242 Å². The molecule has 10 aromatic rings. The van der Waals surface area contributed by atoms with Gasteiger partial charge >= 0.3 is 84.1 Å². The Morgan fingerprint density at radius 2 is 0.576 bits per heavy atom. The molecule has 684 valence electrons. The Hall–Kier alpha value is -16.2. The van der Waals surface area contributed by atoms with Crippen molar-refractivity contribution in [2.75, 3.05) is 75.6 Å². The maximum atomic E-state index is 13.9. The molecule has 0 aliphatic heterocycles. The van der Waals surface area contributed by atoms with E-state index in [1.165, 1.54) is 146 Å². The molecule has 132 heavy (non-hydrogen) atoms. The first-order valence-electron chi connectivity index (χ1n) is 40.0. The van der Waals surface area contributed by atoms with E-state index in [4.69, 9.17) is 47.4 Å². The van der Waals surface area contributed by atoms with Crippen molar-refractivity contribution in [2.45, 2.75) is 80.8 Å². The molecule has 0 bridgehead atoms. The largest absolute Gasteiger partial charge is 0.743 e. The summed E-state index contributed by atoms with van der Waals surface area (Å²) in [6, 6.07) is 60.8. The molecule has 3 aliphatic rings. The van der Waals surface area contributed by atoms with Crippen molar-refractivity contribution in [1.82, 2.24) is 0 Å². The molecule has 41 heteroatoms. The Bertz CT molecular complexity index is 5590. The van der Waals surface area contributed by atoms with Gasteiger partial charge < -0.3 is 61.4 Å². The summed E-state index contributed by atoms with van der Waals surface area (Å²) in [6.45, 7) is -4.96. The van der Waals surface area contributed by atoms with E-state index in [1.807, 2.05) is 72.8 Å². The van der Waals surface area contributed by atoms with E-state index in [0.29, 0.717) is 19.3 Å². The summed E-state index contributed by atoms with van der Waals surface area (Å²) in [6.07, 6.45) is -18.6. The van der Waals surface area contributed by atoms with Gasteiger partial charge in [0, 0.05) is 45.5 Å². The second-order valence-electron chi connectivity index (χ2n) is 29.6. The number of aryl methyl sites for hydroxylation is 3. The maximum Gasteiger partial charge on any atom is 0.432 e. The molecule has 0 fully saturated rings. The summed E-state index contributed by atoms with van der Waals surface area (Å²) < 4.78 is 165. The van der Waals surface area contributed by atoms with Gasteiger partial charge in [0.1, 0.15) is 74.0 Å². The normalized spacial score (nSPS) is 14.7. The quantitative estimate of drug-likeness (QED) is 0.00865. The highest BCUT2D eigenvalue weighted by atomic mass is 32.2. The predicted molar refractivity (Wildman–Crippen MR) is 455 cm³/mol. The van der Waals surface area contributed by atoms with E-state index < -0.39 is 163 Å². The van der Waals surface area contributed by atoms with Crippen LogP contribution < -0.4 is 56.7 Å². The summed E-state index contributed by atoms with van der Waals surface area (Å²) >= 11 is 0. The fourth-order valence-electron chi connectivity index (χ4n) is 13.6. The number of rotatable bonds is 31. The lowest BCUT2D eigenvalue weighted by atomic mass is 9.92. The molecule has 0 aromatic heterocycles. The number of esters is 4. The number of benzene rings is 10. The molecule has 35 nitrogen and oxygen atoms in total. The fourth-order valence-corrected chi connectivity index (χ4v) is 14.0. The number of amides is 8. The van der Waals surface area contributed by atoms with Crippen LogP contribution in [0.5, 0.6) is 17.2 Å². The zero-order chi connectivity index (χ0) is 93.7. The highest BCUT2D eigenvalue weighted by Gasteiger charge is 2.63. The van der Waals surface area contributed by atoms with Crippen molar-refractivity contribution in [3.05, 3.63) is 293 Å². The summed E-state index contributed by atoms with van der Waals surface area (Å²) in [5.41, 5.74) is 5.01. The number of fused-ring (bicyclic) bond motifs is 3. The monoisotopic (exact) mass is 1840 g/mol. The van der Waals surface area contributed by atoms with Gasteiger partial charge in [0.25, 0.3) is 6.10 Å². The lowest BCUT2D eigenvalue weighted by molar-refractivity contribution is -0.259. The van der Waals surface area contributed by atoms with Crippen LogP contribution in [-0.2, 0) is 76.8 Å². The summed E-state index contributed by atoms with van der Waals surface area (Å²) in [5.74, 6) is -3.66. The molecule has 8 amide bonds. The third-order valence-corrected chi connectivity index (χ3v) is 21.0. The molecular weight excluding hydrogens is 1760 g/mol. The Kier molecular flexibility index (Phi) is 29.8. The minimum absolute atomic E-state index is 0.0496. The smallest absolute Gasteiger partial charge is 0.432 e. The fraction of sp³-hybridized carbons (Fsp3) is 0.209. The van der Waals surface area contributed by atoms with Gasteiger partial charge in [0.15, 0.2) is 10.1 Å². The topological polar surface area (TPSA) is 469 Å². The average Bonchev–Trinajstić information content (AvgIpc) is 1.25. The van der Waals surface area contributed by atoms with Gasteiger partial charge in [-0.1, -0.05) is 72.8 Å². The molecule has 0 radical (unpaired) electrons. The average molecular weight is 1840 g/mol. The number of carbonyl (C=O) groups excluding carboxylic acids is 12. The molecule has 8 N–H and O–H groups in total. The van der Waals surface area contributed by atoms with Crippen molar-refractivity contribution >= 4 is 128 Å². The van der Waals surface area contributed by atoms with Crippen molar-refractivity contribution < 1.29 is 149 Å². The minimum Gasteiger partial charge on any atom is -0.743 e. The number of halogens is 5.